The first-order valence-corrected chi connectivity index (χ1v) is 14.3. The molecule has 3 atom stereocenters. The number of benzene rings is 2. The van der Waals surface area contributed by atoms with E-state index in [0.717, 1.165) is 62.2 Å². The minimum absolute atomic E-state index is 0.0263. The Balaban J connectivity index is 1.45. The highest BCUT2D eigenvalue weighted by Gasteiger charge is 2.37. The Bertz CT molecular complexity index is 1310. The molecule has 2 aliphatic rings. The van der Waals surface area contributed by atoms with Crippen molar-refractivity contribution in [2.75, 3.05) is 20.2 Å². The van der Waals surface area contributed by atoms with Crippen molar-refractivity contribution >= 4 is 5.97 Å². The van der Waals surface area contributed by atoms with Gasteiger partial charge in [0.1, 0.15) is 11.9 Å². The normalized spacial score (nSPS) is 18.2. The van der Waals surface area contributed by atoms with Crippen LogP contribution in [-0.2, 0) is 17.8 Å². The Morgan fingerprint density at radius 3 is 2.59 bits per heavy atom. The fourth-order valence-corrected chi connectivity index (χ4v) is 6.00. The van der Waals surface area contributed by atoms with Crippen LogP contribution in [0.25, 0.3) is 11.1 Å². The fraction of sp³-hybridized carbons (Fsp3) is 0.455. The van der Waals surface area contributed by atoms with E-state index >= 15 is 0 Å². The Morgan fingerprint density at radius 1 is 1.10 bits per heavy atom. The Morgan fingerprint density at radius 2 is 1.90 bits per heavy atom. The highest BCUT2D eigenvalue weighted by molar-refractivity contribution is 5.69. The number of aromatic nitrogens is 1. The minimum atomic E-state index is -0.976. The second-order valence-electron chi connectivity index (χ2n) is 10.9. The molecule has 1 aliphatic carbocycles. The maximum absolute atomic E-state index is 11.7. The van der Waals surface area contributed by atoms with Gasteiger partial charge in [-0.15, -0.1) is 0 Å². The van der Waals surface area contributed by atoms with Crippen LogP contribution >= 0.6 is 0 Å². The molecular formula is C33H39N2O4-. The van der Waals surface area contributed by atoms with Gasteiger partial charge in [0.05, 0.1) is 7.11 Å². The number of carboxylic acids is 1. The zero-order chi connectivity index (χ0) is 27.5. The van der Waals surface area contributed by atoms with Crippen LogP contribution in [0.5, 0.6) is 11.6 Å². The van der Waals surface area contributed by atoms with Gasteiger partial charge < -0.3 is 19.4 Å². The van der Waals surface area contributed by atoms with Crippen LogP contribution < -0.4 is 14.6 Å². The summed E-state index contributed by atoms with van der Waals surface area (Å²) in [5.74, 6) is 0.381. The molecule has 1 fully saturated rings. The number of nitrogens with zero attached hydrogens (tertiary/aromatic N) is 2. The summed E-state index contributed by atoms with van der Waals surface area (Å²) in [4.78, 5) is 18.4. The van der Waals surface area contributed by atoms with Gasteiger partial charge in [0.2, 0.25) is 5.88 Å². The molecule has 0 radical (unpaired) electrons. The molecule has 206 valence electrons. The van der Waals surface area contributed by atoms with Crippen molar-refractivity contribution in [1.82, 2.24) is 9.88 Å². The Hall–Kier alpha value is -3.38. The van der Waals surface area contributed by atoms with Crippen LogP contribution in [0.1, 0.15) is 74.3 Å². The molecule has 0 saturated heterocycles. The number of carbonyl (C=O) groups excluding carboxylic acids is 1. The number of rotatable bonds is 11. The lowest BCUT2D eigenvalue weighted by Gasteiger charge is -2.30. The smallest absolute Gasteiger partial charge is 0.213 e. The molecule has 6 heteroatoms. The van der Waals surface area contributed by atoms with Gasteiger partial charge in [-0.25, -0.2) is 4.98 Å². The second-order valence-corrected chi connectivity index (χ2v) is 10.9. The molecule has 1 aromatic heterocycles. The fourth-order valence-electron chi connectivity index (χ4n) is 6.00. The zero-order valence-corrected chi connectivity index (χ0v) is 23.5. The summed E-state index contributed by atoms with van der Waals surface area (Å²) in [5, 5.41) is 11.7. The van der Waals surface area contributed by atoms with Crippen LogP contribution in [0.2, 0.25) is 0 Å². The number of aryl methyl sites for hydroxylation is 1. The van der Waals surface area contributed by atoms with E-state index in [-0.39, 0.29) is 12.0 Å². The highest BCUT2D eigenvalue weighted by Crippen LogP contribution is 2.48. The van der Waals surface area contributed by atoms with Crippen LogP contribution in [0, 0.1) is 11.8 Å². The van der Waals surface area contributed by atoms with Crippen molar-refractivity contribution in [1.29, 1.82) is 0 Å². The van der Waals surface area contributed by atoms with E-state index in [4.69, 9.17) is 9.47 Å². The van der Waals surface area contributed by atoms with Gasteiger partial charge in [-0.3, -0.25) is 4.90 Å². The molecule has 1 aliphatic heterocycles. The van der Waals surface area contributed by atoms with Crippen LogP contribution in [0.3, 0.4) is 0 Å². The Labute approximate surface area is 232 Å². The van der Waals surface area contributed by atoms with Crippen LogP contribution in [-0.4, -0.2) is 36.1 Å². The van der Waals surface area contributed by atoms with E-state index in [1.165, 1.54) is 22.3 Å². The van der Waals surface area contributed by atoms with Gasteiger partial charge in [0, 0.05) is 30.7 Å². The maximum atomic E-state index is 11.7. The van der Waals surface area contributed by atoms with E-state index in [0.29, 0.717) is 11.8 Å². The third-order valence-electron chi connectivity index (χ3n) is 8.51. The zero-order valence-electron chi connectivity index (χ0n) is 23.5. The van der Waals surface area contributed by atoms with E-state index in [1.54, 1.807) is 20.2 Å². The summed E-state index contributed by atoms with van der Waals surface area (Å²) in [6.07, 6.45) is 5.72. The molecule has 3 aromatic rings. The first-order valence-electron chi connectivity index (χ1n) is 14.3. The van der Waals surface area contributed by atoms with Crippen molar-refractivity contribution < 1.29 is 19.4 Å². The maximum Gasteiger partial charge on any atom is 0.213 e. The molecule has 0 bridgehead atoms. The van der Waals surface area contributed by atoms with E-state index in [2.05, 4.69) is 60.1 Å². The Kier molecular flexibility index (Phi) is 8.22. The first-order chi connectivity index (χ1) is 18.9. The number of methoxy groups -OCH3 is 1. The van der Waals surface area contributed by atoms with Gasteiger partial charge in [0.25, 0.3) is 0 Å². The molecule has 1 unspecified atom stereocenters. The number of fused-ring (bicyclic) bond motifs is 1. The molecular weight excluding hydrogens is 488 g/mol. The van der Waals surface area contributed by atoms with E-state index in [9.17, 15) is 9.90 Å². The summed E-state index contributed by atoms with van der Waals surface area (Å²) < 4.78 is 12.0. The lowest BCUT2D eigenvalue weighted by molar-refractivity contribution is -0.311. The standard InChI is InChI=1S/C33H40N2O4/c1-5-35(6-2)20-27-17-25(11-13-28(27)24-15-16-34-31(19-24)38-4)29-14-12-22-7-10-26(18-30(22)39-29)32(23-8-9-23)21(3)33(36)37/h7,10-11,13,15-19,21,23,29,32H,5-6,8-9,12,14,20H2,1-4H3,(H,36,37)/p-1/t21-,29?,32-/m0/s1. The number of pyridine rings is 1. The SMILES string of the molecule is CCN(CC)Cc1cc(C2CCc3ccc([C@H](C4CC4)[C@H](C)C(=O)[O-])cc3O2)ccc1-c1ccnc(OC)c1. The van der Waals surface area contributed by atoms with Crippen LogP contribution in [0.4, 0.5) is 0 Å². The molecule has 6 nitrogen and oxygen atoms in total. The van der Waals surface area contributed by atoms with Crippen molar-refractivity contribution in [2.24, 2.45) is 11.8 Å². The van der Waals surface area contributed by atoms with E-state index in [1.807, 2.05) is 12.1 Å². The number of aliphatic carboxylic acids is 1. The predicted octanol–water partition coefficient (Wildman–Crippen LogP) is 5.54. The topological polar surface area (TPSA) is 74.7 Å². The lowest BCUT2D eigenvalue weighted by Crippen LogP contribution is -2.34. The summed E-state index contributed by atoms with van der Waals surface area (Å²) in [7, 11) is 1.64. The molecule has 5 rings (SSSR count). The molecule has 0 amide bonds. The number of carbonyl (C=O) groups is 1. The number of carboxylic acid groups (broad SMARTS) is 1. The quantitative estimate of drug-likeness (QED) is 0.326. The summed E-state index contributed by atoms with van der Waals surface area (Å²) >= 11 is 0. The second kappa shape index (κ2) is 11.8. The number of ether oxygens (including phenoxy) is 2. The van der Waals surface area contributed by atoms with Gasteiger partial charge in [-0.1, -0.05) is 51.1 Å². The molecule has 2 heterocycles. The van der Waals surface area contributed by atoms with Gasteiger partial charge in [-0.2, -0.15) is 0 Å². The van der Waals surface area contributed by atoms with Crippen LogP contribution in [0.15, 0.2) is 54.7 Å². The van der Waals surface area contributed by atoms with Crippen molar-refractivity contribution in [2.45, 2.75) is 65.0 Å². The summed E-state index contributed by atoms with van der Waals surface area (Å²) in [5.41, 5.74) is 6.92. The van der Waals surface area contributed by atoms with Gasteiger partial charge in [-0.05, 0) is 96.1 Å². The molecule has 0 spiro atoms. The number of hydrogen-bond donors (Lipinski definition) is 0. The highest BCUT2D eigenvalue weighted by atomic mass is 16.5. The molecule has 2 aromatic carbocycles. The third kappa shape index (κ3) is 5.96. The lowest BCUT2D eigenvalue weighted by atomic mass is 9.82. The van der Waals surface area contributed by atoms with Crippen molar-refractivity contribution in [3.63, 3.8) is 0 Å². The minimum Gasteiger partial charge on any atom is -0.550 e. The van der Waals surface area contributed by atoms with Crippen molar-refractivity contribution in [3.8, 4) is 22.8 Å². The van der Waals surface area contributed by atoms with E-state index < -0.39 is 11.9 Å². The number of hydrogen-bond acceptors (Lipinski definition) is 6. The average molecular weight is 528 g/mol. The van der Waals surface area contributed by atoms with Crippen molar-refractivity contribution in [3.05, 3.63) is 77.0 Å². The third-order valence-corrected chi connectivity index (χ3v) is 8.51. The monoisotopic (exact) mass is 527 g/mol. The first kappa shape index (κ1) is 27.2. The largest absolute Gasteiger partial charge is 0.550 e. The van der Waals surface area contributed by atoms with Gasteiger partial charge >= 0.3 is 0 Å². The summed E-state index contributed by atoms with van der Waals surface area (Å²) in [6.45, 7) is 8.96. The average Bonchev–Trinajstić information content (AvgIpc) is 3.80. The van der Waals surface area contributed by atoms with Gasteiger partial charge in [0.15, 0.2) is 0 Å². The molecule has 39 heavy (non-hydrogen) atoms. The predicted molar refractivity (Wildman–Crippen MR) is 151 cm³/mol. The summed E-state index contributed by atoms with van der Waals surface area (Å²) in [6, 6.07) is 17.0. The molecule has 1 saturated carbocycles. The molecule has 0 N–H and O–H groups in total.